The predicted molar refractivity (Wildman–Crippen MR) is 71.2 cm³/mol. The van der Waals surface area contributed by atoms with Crippen molar-refractivity contribution in [3.05, 3.63) is 51.2 Å². The zero-order valence-electron chi connectivity index (χ0n) is 9.35. The lowest BCUT2D eigenvalue weighted by Gasteiger charge is -2.04. The van der Waals surface area contributed by atoms with Crippen LogP contribution in [0.5, 0.6) is 6.01 Å². The fourth-order valence-corrected chi connectivity index (χ4v) is 2.13. The fourth-order valence-electron chi connectivity index (χ4n) is 1.37. The van der Waals surface area contributed by atoms with Crippen LogP contribution < -0.4 is 4.74 Å². The molecular weight excluding hydrogens is 320 g/mol. The minimum atomic E-state index is -0.227. The summed E-state index contributed by atoms with van der Waals surface area (Å²) in [5.41, 5.74) is 0.772. The number of hydrogen-bond acceptors (Lipinski definition) is 4. The maximum absolute atomic E-state index is 12.2. The van der Waals surface area contributed by atoms with Gasteiger partial charge in [0.1, 0.15) is 0 Å². The number of rotatable bonds is 3. The molecule has 0 N–H and O–H groups in total. The first kappa shape index (κ1) is 13.0. The summed E-state index contributed by atoms with van der Waals surface area (Å²) in [6, 6.07) is 5.29. The number of hydrogen-bond donors (Lipinski definition) is 0. The van der Waals surface area contributed by atoms with E-state index in [2.05, 4.69) is 25.9 Å². The SMILES string of the molecule is COc1ncc(C(=O)c2ccc(Br)cc2Cl)cn1. The summed E-state index contributed by atoms with van der Waals surface area (Å²) in [6.45, 7) is 0. The van der Waals surface area contributed by atoms with Gasteiger partial charge in [-0.2, -0.15) is 0 Å². The van der Waals surface area contributed by atoms with Gasteiger partial charge < -0.3 is 4.74 Å². The number of benzene rings is 1. The summed E-state index contributed by atoms with van der Waals surface area (Å²) in [5.74, 6) is -0.227. The molecule has 1 aromatic carbocycles. The van der Waals surface area contributed by atoms with Crippen LogP contribution in [-0.2, 0) is 0 Å². The Labute approximate surface area is 117 Å². The summed E-state index contributed by atoms with van der Waals surface area (Å²) in [7, 11) is 1.46. The van der Waals surface area contributed by atoms with Crippen molar-refractivity contribution >= 4 is 33.3 Å². The smallest absolute Gasteiger partial charge is 0.316 e. The first-order valence-corrected chi connectivity index (χ1v) is 6.14. The van der Waals surface area contributed by atoms with Crippen LogP contribution in [0, 0.1) is 0 Å². The average Bonchev–Trinajstić information content (AvgIpc) is 2.38. The lowest BCUT2D eigenvalue weighted by atomic mass is 10.1. The number of halogens is 2. The molecule has 92 valence electrons. The van der Waals surface area contributed by atoms with Crippen LogP contribution >= 0.6 is 27.5 Å². The molecule has 0 spiro atoms. The molecule has 0 aliphatic heterocycles. The van der Waals surface area contributed by atoms with Crippen LogP contribution in [0.1, 0.15) is 15.9 Å². The van der Waals surface area contributed by atoms with Crippen LogP contribution in [-0.4, -0.2) is 22.9 Å². The Bertz CT molecular complexity index is 587. The van der Waals surface area contributed by atoms with E-state index < -0.39 is 0 Å². The van der Waals surface area contributed by atoms with Gasteiger partial charge in [-0.15, -0.1) is 0 Å². The van der Waals surface area contributed by atoms with E-state index in [0.717, 1.165) is 4.47 Å². The number of nitrogens with zero attached hydrogens (tertiary/aromatic N) is 2. The summed E-state index contributed by atoms with van der Waals surface area (Å²) in [6.07, 6.45) is 2.82. The number of ether oxygens (including phenoxy) is 1. The summed E-state index contributed by atoms with van der Waals surface area (Å²) in [5, 5.41) is 0.380. The molecule has 18 heavy (non-hydrogen) atoms. The van der Waals surface area contributed by atoms with Gasteiger partial charge in [0, 0.05) is 22.4 Å². The molecule has 0 saturated carbocycles. The summed E-state index contributed by atoms with van der Waals surface area (Å²) < 4.78 is 5.64. The fraction of sp³-hybridized carbons (Fsp3) is 0.0833. The number of ketones is 1. The molecule has 6 heteroatoms. The van der Waals surface area contributed by atoms with Crippen LogP contribution in [0.2, 0.25) is 5.02 Å². The highest BCUT2D eigenvalue weighted by Gasteiger charge is 2.14. The molecule has 0 radical (unpaired) electrons. The molecule has 0 bridgehead atoms. The minimum Gasteiger partial charge on any atom is -0.467 e. The molecule has 4 nitrogen and oxygen atoms in total. The number of carbonyl (C=O) groups is 1. The van der Waals surface area contributed by atoms with E-state index in [1.165, 1.54) is 19.5 Å². The van der Waals surface area contributed by atoms with Crippen molar-refractivity contribution in [2.45, 2.75) is 0 Å². The molecule has 0 fully saturated rings. The van der Waals surface area contributed by atoms with E-state index in [4.69, 9.17) is 16.3 Å². The number of methoxy groups -OCH3 is 1. The largest absolute Gasteiger partial charge is 0.467 e. The standard InChI is InChI=1S/C12H8BrClN2O2/c1-18-12-15-5-7(6-16-12)11(17)9-3-2-8(13)4-10(9)14/h2-6H,1H3. The first-order valence-electron chi connectivity index (χ1n) is 4.97. The highest BCUT2D eigenvalue weighted by molar-refractivity contribution is 9.10. The van der Waals surface area contributed by atoms with Gasteiger partial charge in [0.25, 0.3) is 0 Å². The average molecular weight is 328 g/mol. The predicted octanol–water partition coefficient (Wildman–Crippen LogP) is 3.13. The highest BCUT2D eigenvalue weighted by Crippen LogP contribution is 2.23. The van der Waals surface area contributed by atoms with E-state index in [1.807, 2.05) is 0 Å². The zero-order valence-corrected chi connectivity index (χ0v) is 11.7. The quantitative estimate of drug-likeness (QED) is 0.813. The monoisotopic (exact) mass is 326 g/mol. The molecule has 0 aliphatic rings. The van der Waals surface area contributed by atoms with Gasteiger partial charge >= 0.3 is 6.01 Å². The number of carbonyl (C=O) groups excluding carboxylic acids is 1. The van der Waals surface area contributed by atoms with Gasteiger partial charge in [0.05, 0.1) is 17.7 Å². The molecule has 0 unspecified atom stereocenters. The molecule has 0 saturated heterocycles. The van der Waals surface area contributed by atoms with Crippen LogP contribution in [0.15, 0.2) is 35.1 Å². The molecule has 1 aromatic heterocycles. The second kappa shape index (κ2) is 5.46. The van der Waals surface area contributed by atoms with Gasteiger partial charge in [-0.05, 0) is 18.2 Å². The van der Waals surface area contributed by atoms with Gasteiger partial charge in [0.2, 0.25) is 0 Å². The molecule has 0 atom stereocenters. The Hall–Kier alpha value is -1.46. The van der Waals surface area contributed by atoms with Crippen LogP contribution in [0.3, 0.4) is 0 Å². The minimum absolute atomic E-state index is 0.216. The molecular formula is C12H8BrClN2O2. The molecule has 1 heterocycles. The Morgan fingerprint density at radius 3 is 2.56 bits per heavy atom. The van der Waals surface area contributed by atoms with Crippen molar-refractivity contribution in [3.63, 3.8) is 0 Å². The maximum atomic E-state index is 12.2. The summed E-state index contributed by atoms with van der Waals surface area (Å²) >= 11 is 9.30. The normalized spacial score (nSPS) is 10.2. The Kier molecular flexibility index (Phi) is 3.93. The van der Waals surface area contributed by atoms with E-state index in [0.29, 0.717) is 16.1 Å². The summed E-state index contributed by atoms with van der Waals surface area (Å²) in [4.78, 5) is 19.9. The Morgan fingerprint density at radius 2 is 2.00 bits per heavy atom. The van der Waals surface area contributed by atoms with Crippen LogP contribution in [0.4, 0.5) is 0 Å². The van der Waals surface area contributed by atoms with Gasteiger partial charge in [-0.1, -0.05) is 27.5 Å². The third-order valence-electron chi connectivity index (χ3n) is 2.25. The molecule has 0 aliphatic carbocycles. The Balaban J connectivity index is 2.35. The van der Waals surface area contributed by atoms with Crippen molar-refractivity contribution in [2.75, 3.05) is 7.11 Å². The van der Waals surface area contributed by atoms with E-state index in [1.54, 1.807) is 18.2 Å². The zero-order chi connectivity index (χ0) is 13.1. The third-order valence-corrected chi connectivity index (χ3v) is 3.05. The lowest BCUT2D eigenvalue weighted by Crippen LogP contribution is -2.04. The molecule has 0 amide bonds. The van der Waals surface area contributed by atoms with Crippen molar-refractivity contribution < 1.29 is 9.53 Å². The van der Waals surface area contributed by atoms with E-state index in [9.17, 15) is 4.79 Å². The van der Waals surface area contributed by atoms with Gasteiger partial charge in [-0.25, -0.2) is 9.97 Å². The van der Waals surface area contributed by atoms with Gasteiger partial charge in [0.15, 0.2) is 5.78 Å². The van der Waals surface area contributed by atoms with Crippen molar-refractivity contribution in [3.8, 4) is 6.01 Å². The van der Waals surface area contributed by atoms with E-state index >= 15 is 0 Å². The topological polar surface area (TPSA) is 52.1 Å². The highest BCUT2D eigenvalue weighted by atomic mass is 79.9. The van der Waals surface area contributed by atoms with E-state index in [-0.39, 0.29) is 11.8 Å². The van der Waals surface area contributed by atoms with Gasteiger partial charge in [-0.3, -0.25) is 4.79 Å². The maximum Gasteiger partial charge on any atom is 0.316 e. The van der Waals surface area contributed by atoms with Crippen LogP contribution in [0.25, 0.3) is 0 Å². The van der Waals surface area contributed by atoms with Crippen molar-refractivity contribution in [2.24, 2.45) is 0 Å². The second-order valence-electron chi connectivity index (χ2n) is 3.41. The third kappa shape index (κ3) is 2.68. The van der Waals surface area contributed by atoms with Crippen molar-refractivity contribution in [1.82, 2.24) is 9.97 Å². The molecule has 2 aromatic rings. The Morgan fingerprint density at radius 1 is 1.33 bits per heavy atom. The van der Waals surface area contributed by atoms with Crippen molar-refractivity contribution in [1.29, 1.82) is 0 Å². The lowest BCUT2D eigenvalue weighted by molar-refractivity contribution is 0.103. The molecule has 2 rings (SSSR count). The number of aromatic nitrogens is 2. The first-order chi connectivity index (χ1) is 8.61. The second-order valence-corrected chi connectivity index (χ2v) is 4.73.